The highest BCUT2D eigenvalue weighted by Crippen LogP contribution is 2.31. The number of hydrogen-bond donors (Lipinski definition) is 3. The van der Waals surface area contributed by atoms with Gasteiger partial charge >= 0.3 is 0 Å². The second-order valence-corrected chi connectivity index (χ2v) is 14.5. The third kappa shape index (κ3) is 10.5. The van der Waals surface area contributed by atoms with Gasteiger partial charge in [-0.05, 0) is 55.8 Å². The van der Waals surface area contributed by atoms with Crippen molar-refractivity contribution in [2.24, 2.45) is 0 Å². The van der Waals surface area contributed by atoms with E-state index in [1.165, 1.54) is 48.4 Å². The van der Waals surface area contributed by atoms with Crippen molar-refractivity contribution in [1.29, 1.82) is 0 Å². The van der Waals surface area contributed by atoms with Crippen LogP contribution in [0.1, 0.15) is 46.0 Å². The number of nitrogens with one attached hydrogen (secondary N) is 3. The number of rotatable bonds is 7. The zero-order chi connectivity index (χ0) is 45.4. The molecule has 0 radical (unpaired) electrons. The number of anilines is 2. The van der Waals surface area contributed by atoms with Crippen LogP contribution in [0.4, 0.5) is 29.2 Å². The number of hydrogen-bond acceptors (Lipinski definition) is 10. The number of nitrogens with zero attached hydrogens (tertiary/aromatic N) is 7. The van der Waals surface area contributed by atoms with Crippen LogP contribution in [0.3, 0.4) is 0 Å². The first-order valence-electron chi connectivity index (χ1n) is 19.0. The SMILES string of the molecule is C[C@H]1Oc2cccnc2N(C)C(=O)[C@H]1NC(=O)c1[nH]ncc1F.C[C@H]1Oc2cccnc2N(C)C(=O)[C@H]1NC(=O)c1nn(Cc2ccccc2F)cc1F.Fc1ccccc1CBr. The summed E-state index contributed by atoms with van der Waals surface area (Å²) < 4.78 is 66.8. The van der Waals surface area contributed by atoms with Crippen molar-refractivity contribution in [3.05, 3.63) is 143 Å². The lowest BCUT2D eigenvalue weighted by molar-refractivity contribution is -0.122. The van der Waals surface area contributed by atoms with Gasteiger partial charge in [0.15, 0.2) is 46.2 Å². The summed E-state index contributed by atoms with van der Waals surface area (Å²) in [5, 5.41) is 15.2. The monoisotopic (exact) mass is 934 g/mol. The number of halogens is 5. The third-order valence-electron chi connectivity index (χ3n) is 9.61. The molecule has 0 spiro atoms. The number of pyridine rings is 2. The topological polar surface area (TPSA) is 190 Å². The maximum Gasteiger partial charge on any atom is 0.275 e. The average molecular weight is 936 g/mol. The minimum absolute atomic E-state index is 0.0531. The molecule has 0 fully saturated rings. The fourth-order valence-corrected chi connectivity index (χ4v) is 6.72. The predicted molar refractivity (Wildman–Crippen MR) is 223 cm³/mol. The Morgan fingerprint density at radius 1 is 0.714 bits per heavy atom. The van der Waals surface area contributed by atoms with Crippen molar-refractivity contribution in [2.75, 3.05) is 23.9 Å². The van der Waals surface area contributed by atoms with E-state index < -0.39 is 71.1 Å². The molecule has 21 heteroatoms. The number of ether oxygens (including phenoxy) is 2. The minimum Gasteiger partial charge on any atom is -0.484 e. The molecule has 328 valence electrons. The third-order valence-corrected chi connectivity index (χ3v) is 10.2. The highest BCUT2D eigenvalue weighted by Gasteiger charge is 2.38. The van der Waals surface area contributed by atoms with Gasteiger partial charge in [-0.15, -0.1) is 0 Å². The Bertz CT molecular complexity index is 2610. The largest absolute Gasteiger partial charge is 0.484 e. The zero-order valence-corrected chi connectivity index (χ0v) is 35.5. The average Bonchev–Trinajstić information content (AvgIpc) is 3.85. The van der Waals surface area contributed by atoms with Crippen molar-refractivity contribution < 1.29 is 46.2 Å². The van der Waals surface area contributed by atoms with E-state index >= 15 is 0 Å². The maximum absolute atomic E-state index is 14.4. The van der Waals surface area contributed by atoms with E-state index in [-0.39, 0.29) is 18.1 Å². The molecule has 0 saturated carbocycles. The van der Waals surface area contributed by atoms with E-state index in [2.05, 4.69) is 51.8 Å². The number of carbonyl (C=O) groups excluding carboxylic acids is 4. The number of amides is 4. The Labute approximate surface area is 365 Å². The van der Waals surface area contributed by atoms with E-state index in [1.807, 2.05) is 6.07 Å². The summed E-state index contributed by atoms with van der Waals surface area (Å²) in [5.74, 6) is -3.34. The number of likely N-dealkylation sites (N-methyl/N-ethyl adjacent to an activating group) is 2. The number of alkyl halides is 1. The molecule has 6 aromatic rings. The van der Waals surface area contributed by atoms with Crippen LogP contribution >= 0.6 is 15.9 Å². The quantitative estimate of drug-likeness (QED) is 0.139. The van der Waals surface area contributed by atoms with Gasteiger partial charge in [0.2, 0.25) is 0 Å². The molecule has 0 bridgehead atoms. The molecule has 0 saturated heterocycles. The number of aromatic nitrogens is 6. The van der Waals surface area contributed by atoms with Gasteiger partial charge in [0.25, 0.3) is 23.6 Å². The lowest BCUT2D eigenvalue weighted by Gasteiger charge is -2.23. The molecule has 0 unspecified atom stereocenters. The van der Waals surface area contributed by atoms with Crippen molar-refractivity contribution in [3.8, 4) is 11.5 Å². The van der Waals surface area contributed by atoms with Gasteiger partial charge < -0.3 is 20.1 Å². The molecule has 8 rings (SSSR count). The van der Waals surface area contributed by atoms with Crippen LogP contribution in [0.2, 0.25) is 0 Å². The molecule has 2 aliphatic heterocycles. The number of fused-ring (bicyclic) bond motifs is 2. The lowest BCUT2D eigenvalue weighted by Crippen LogP contribution is -2.53. The van der Waals surface area contributed by atoms with Gasteiger partial charge in [0, 0.05) is 37.4 Å². The Hall–Kier alpha value is -7.16. The molecule has 2 aliphatic rings. The summed E-state index contributed by atoms with van der Waals surface area (Å²) in [5.41, 5.74) is 0.161. The van der Waals surface area contributed by atoms with Crippen LogP contribution in [0.15, 0.2) is 97.6 Å². The number of benzene rings is 2. The lowest BCUT2D eigenvalue weighted by atomic mass is 10.1. The van der Waals surface area contributed by atoms with E-state index in [1.54, 1.807) is 68.4 Å². The van der Waals surface area contributed by atoms with Gasteiger partial charge in [-0.1, -0.05) is 52.3 Å². The number of carbonyl (C=O) groups is 4. The standard InChI is InChI=1S/C21H19F2N5O3.C14H14FN5O3.C7H6BrF/c1-12-17(21(30)27(2)19-16(31-12)8-5-9-24-19)25-20(29)18-15(23)11-28(26-18)10-13-6-3-4-7-14(13)22;1-7-10(18-13(21)11-8(15)6-17-19-11)14(22)20(2)12-9(23-7)4-3-5-16-12;8-5-6-3-1-2-4-7(6)9/h3-9,11-12,17H,10H2,1-2H3,(H,25,29);3-7,10H,1-2H3,(H,17,19)(H,18,21);1-4H,5H2/t12-,17+;7-,10+;/m11./s1. The number of aromatic amines is 1. The van der Waals surface area contributed by atoms with Gasteiger partial charge in [-0.3, -0.25) is 38.8 Å². The highest BCUT2D eigenvalue weighted by molar-refractivity contribution is 9.08. The first-order chi connectivity index (χ1) is 30.2. The Morgan fingerprint density at radius 3 is 1.70 bits per heavy atom. The van der Waals surface area contributed by atoms with Crippen molar-refractivity contribution >= 4 is 51.2 Å². The van der Waals surface area contributed by atoms with Gasteiger partial charge in [-0.2, -0.15) is 10.2 Å². The van der Waals surface area contributed by atoms with Crippen molar-refractivity contribution in [1.82, 2.24) is 40.6 Å². The fraction of sp³-hybridized carbons (Fsp3) is 0.238. The van der Waals surface area contributed by atoms with Gasteiger partial charge in [0.05, 0.1) is 18.9 Å². The molecular formula is C42H39BrF4N10O6. The molecule has 3 N–H and O–H groups in total. The summed E-state index contributed by atoms with van der Waals surface area (Å²) in [6.45, 7) is 3.20. The Kier molecular flexibility index (Phi) is 14.5. The van der Waals surface area contributed by atoms with Crippen LogP contribution in [0.5, 0.6) is 11.5 Å². The summed E-state index contributed by atoms with van der Waals surface area (Å²) in [4.78, 5) is 61.1. The normalized spacial score (nSPS) is 17.8. The first-order valence-corrected chi connectivity index (χ1v) is 20.1. The van der Waals surface area contributed by atoms with Crippen molar-refractivity contribution in [2.45, 2.75) is 50.0 Å². The van der Waals surface area contributed by atoms with Crippen LogP contribution in [0, 0.1) is 23.3 Å². The Balaban J connectivity index is 0.000000180. The minimum atomic E-state index is -1.09. The molecule has 16 nitrogen and oxygen atoms in total. The second kappa shape index (κ2) is 20.1. The molecule has 0 aliphatic carbocycles. The molecule has 2 aromatic carbocycles. The summed E-state index contributed by atoms with van der Waals surface area (Å²) in [7, 11) is 3.05. The molecule has 4 atom stereocenters. The smallest absolute Gasteiger partial charge is 0.275 e. The second-order valence-electron chi connectivity index (χ2n) is 13.9. The number of H-pyrrole nitrogens is 1. The predicted octanol–water partition coefficient (Wildman–Crippen LogP) is 5.35. The maximum atomic E-state index is 14.4. The van der Waals surface area contributed by atoms with E-state index in [0.29, 0.717) is 39.6 Å². The van der Waals surface area contributed by atoms with Gasteiger partial charge in [0.1, 0.15) is 35.9 Å². The summed E-state index contributed by atoms with van der Waals surface area (Å²) >= 11 is 3.17. The van der Waals surface area contributed by atoms with Crippen LogP contribution in [-0.4, -0.2) is 92.0 Å². The van der Waals surface area contributed by atoms with Crippen LogP contribution in [0.25, 0.3) is 0 Å². The fourth-order valence-electron chi connectivity index (χ4n) is 6.27. The molecule has 63 heavy (non-hydrogen) atoms. The van der Waals surface area contributed by atoms with Crippen LogP contribution in [-0.2, 0) is 21.5 Å². The summed E-state index contributed by atoms with van der Waals surface area (Å²) in [6, 6.07) is 17.3. The molecular weight excluding hydrogens is 896 g/mol. The van der Waals surface area contributed by atoms with E-state index in [4.69, 9.17) is 9.47 Å². The zero-order valence-electron chi connectivity index (χ0n) is 33.9. The van der Waals surface area contributed by atoms with Crippen molar-refractivity contribution in [3.63, 3.8) is 0 Å². The molecule has 4 aromatic heterocycles. The van der Waals surface area contributed by atoms with E-state index in [0.717, 1.165) is 17.1 Å². The molecule has 6 heterocycles. The van der Waals surface area contributed by atoms with E-state index in [9.17, 15) is 36.7 Å². The van der Waals surface area contributed by atoms with Gasteiger partial charge in [-0.25, -0.2) is 27.5 Å². The highest BCUT2D eigenvalue weighted by atomic mass is 79.9. The first kappa shape index (κ1) is 45.4. The Morgan fingerprint density at radius 2 is 1.22 bits per heavy atom. The summed E-state index contributed by atoms with van der Waals surface area (Å²) in [6.07, 6.45) is 3.54. The van der Waals surface area contributed by atoms with Crippen LogP contribution < -0.4 is 29.9 Å². The molecule has 4 amide bonds.